The van der Waals surface area contributed by atoms with Crippen molar-refractivity contribution < 1.29 is 9.59 Å². The normalized spacial score (nSPS) is 22.1. The smallest absolute Gasteiger partial charge is 0.272 e. The Kier molecular flexibility index (Phi) is 3.94. The average molecular weight is 311 g/mol. The Morgan fingerprint density at radius 3 is 2.22 bits per heavy atom. The quantitative estimate of drug-likeness (QED) is 0.749. The van der Waals surface area contributed by atoms with Crippen LogP contribution in [-0.4, -0.2) is 44.9 Å². The number of rotatable bonds is 0. The van der Waals surface area contributed by atoms with E-state index >= 15 is 0 Å². The standard InChI is InChI=1S/C12H15N3O2.C6H6/c1-9(16)14-6-7-15-11(17)10-4-3-5-13(10)8-12(14,15)2;1-2-4-6-5-3-1/h3-5H,6-8H2,1-2H3;1-6H. The number of hydrogen-bond acceptors (Lipinski definition) is 2. The van der Waals surface area contributed by atoms with E-state index in [0.717, 1.165) is 0 Å². The molecule has 5 heteroatoms. The molecule has 0 bridgehead atoms. The monoisotopic (exact) mass is 311 g/mol. The van der Waals surface area contributed by atoms with Gasteiger partial charge in [-0.25, -0.2) is 0 Å². The molecule has 1 unspecified atom stereocenters. The Hall–Kier alpha value is -2.56. The van der Waals surface area contributed by atoms with Gasteiger partial charge in [0.15, 0.2) is 0 Å². The molecule has 2 aliphatic rings. The lowest BCUT2D eigenvalue weighted by Gasteiger charge is -2.44. The Morgan fingerprint density at radius 1 is 1.04 bits per heavy atom. The van der Waals surface area contributed by atoms with E-state index < -0.39 is 5.66 Å². The Morgan fingerprint density at radius 2 is 1.65 bits per heavy atom. The first-order chi connectivity index (χ1) is 11.0. The molecule has 3 heterocycles. The van der Waals surface area contributed by atoms with Crippen LogP contribution in [0, 0.1) is 0 Å². The summed E-state index contributed by atoms with van der Waals surface area (Å²) in [4.78, 5) is 27.5. The van der Waals surface area contributed by atoms with Gasteiger partial charge in [0.1, 0.15) is 11.4 Å². The number of benzene rings is 1. The summed E-state index contributed by atoms with van der Waals surface area (Å²) in [5.74, 6) is 0.0471. The second-order valence-corrected chi connectivity index (χ2v) is 6.02. The van der Waals surface area contributed by atoms with Crippen molar-refractivity contribution >= 4 is 11.8 Å². The van der Waals surface area contributed by atoms with E-state index in [2.05, 4.69) is 0 Å². The minimum absolute atomic E-state index is 0.0208. The third-order valence-corrected chi connectivity index (χ3v) is 4.52. The average Bonchev–Trinajstić information content (AvgIpc) is 3.13. The van der Waals surface area contributed by atoms with E-state index in [1.54, 1.807) is 11.8 Å². The fourth-order valence-electron chi connectivity index (χ4n) is 3.41. The molecule has 2 aromatic rings. The molecule has 1 atom stereocenters. The van der Waals surface area contributed by atoms with Crippen molar-refractivity contribution in [2.45, 2.75) is 26.1 Å². The van der Waals surface area contributed by atoms with Crippen molar-refractivity contribution in [2.24, 2.45) is 0 Å². The molecule has 5 nitrogen and oxygen atoms in total. The van der Waals surface area contributed by atoms with Crippen molar-refractivity contribution in [3.8, 4) is 0 Å². The van der Waals surface area contributed by atoms with Gasteiger partial charge in [0.25, 0.3) is 5.91 Å². The van der Waals surface area contributed by atoms with E-state index in [1.165, 1.54) is 0 Å². The van der Waals surface area contributed by atoms with Crippen LogP contribution in [0.15, 0.2) is 54.7 Å². The minimum Gasteiger partial charge on any atom is -0.339 e. The third kappa shape index (κ3) is 2.63. The second-order valence-electron chi connectivity index (χ2n) is 6.02. The summed E-state index contributed by atoms with van der Waals surface area (Å²) >= 11 is 0. The highest BCUT2D eigenvalue weighted by molar-refractivity contribution is 5.95. The highest BCUT2D eigenvalue weighted by Gasteiger charge is 2.50. The van der Waals surface area contributed by atoms with Gasteiger partial charge in [-0.2, -0.15) is 0 Å². The Bertz CT molecular complexity index is 683. The lowest BCUT2D eigenvalue weighted by atomic mass is 10.1. The summed E-state index contributed by atoms with van der Waals surface area (Å²) in [6, 6.07) is 15.7. The zero-order valence-electron chi connectivity index (χ0n) is 13.5. The summed E-state index contributed by atoms with van der Waals surface area (Å²) in [5.41, 5.74) is 0.211. The van der Waals surface area contributed by atoms with Gasteiger partial charge in [0.05, 0.1) is 6.54 Å². The molecular weight excluding hydrogens is 290 g/mol. The van der Waals surface area contributed by atoms with Crippen LogP contribution in [-0.2, 0) is 11.3 Å². The van der Waals surface area contributed by atoms with E-state index in [4.69, 9.17) is 0 Å². The summed E-state index contributed by atoms with van der Waals surface area (Å²) in [7, 11) is 0. The predicted molar refractivity (Wildman–Crippen MR) is 87.7 cm³/mol. The number of aromatic nitrogens is 1. The molecule has 1 fully saturated rings. The number of carbonyl (C=O) groups is 2. The van der Waals surface area contributed by atoms with Gasteiger partial charge in [0.2, 0.25) is 5.91 Å². The molecule has 2 aliphatic heterocycles. The molecular formula is C18H21N3O2. The van der Waals surface area contributed by atoms with Gasteiger partial charge in [0, 0.05) is 26.2 Å². The van der Waals surface area contributed by atoms with Crippen molar-refractivity contribution in [1.29, 1.82) is 0 Å². The maximum Gasteiger partial charge on any atom is 0.272 e. The van der Waals surface area contributed by atoms with Crippen molar-refractivity contribution in [3.63, 3.8) is 0 Å². The number of nitrogens with zero attached hydrogens (tertiary/aromatic N) is 3. The van der Waals surface area contributed by atoms with Crippen LogP contribution >= 0.6 is 0 Å². The van der Waals surface area contributed by atoms with Gasteiger partial charge in [-0.05, 0) is 19.1 Å². The molecule has 120 valence electrons. The minimum atomic E-state index is -0.505. The zero-order chi connectivity index (χ0) is 16.4. The number of carbonyl (C=O) groups excluding carboxylic acids is 2. The maximum atomic E-state index is 12.3. The van der Waals surface area contributed by atoms with Crippen LogP contribution in [0.25, 0.3) is 0 Å². The lowest BCUT2D eigenvalue weighted by Crippen LogP contribution is -2.60. The molecule has 0 spiro atoms. The third-order valence-electron chi connectivity index (χ3n) is 4.52. The van der Waals surface area contributed by atoms with Crippen molar-refractivity contribution in [3.05, 3.63) is 60.4 Å². The van der Waals surface area contributed by atoms with Crippen LogP contribution in [0.4, 0.5) is 0 Å². The summed E-state index contributed by atoms with van der Waals surface area (Å²) < 4.78 is 1.93. The summed E-state index contributed by atoms with van der Waals surface area (Å²) in [5, 5.41) is 0. The zero-order valence-corrected chi connectivity index (χ0v) is 13.5. The Balaban J connectivity index is 0.000000220. The first kappa shape index (κ1) is 15.3. The van der Waals surface area contributed by atoms with Gasteiger partial charge in [-0.1, -0.05) is 36.4 Å². The molecule has 0 aliphatic carbocycles. The molecule has 23 heavy (non-hydrogen) atoms. The molecule has 2 amide bonds. The predicted octanol–water partition coefficient (Wildman–Crippen LogP) is 2.21. The summed E-state index contributed by atoms with van der Waals surface area (Å²) in [6.45, 7) is 5.43. The van der Waals surface area contributed by atoms with Crippen LogP contribution < -0.4 is 0 Å². The van der Waals surface area contributed by atoms with E-state index in [1.807, 2.05) is 71.1 Å². The summed E-state index contributed by atoms with van der Waals surface area (Å²) in [6.07, 6.45) is 1.90. The molecule has 0 N–H and O–H groups in total. The fraction of sp³-hybridized carbons (Fsp3) is 0.333. The first-order valence-corrected chi connectivity index (χ1v) is 7.79. The van der Waals surface area contributed by atoms with Gasteiger partial charge in [-0.15, -0.1) is 0 Å². The molecule has 0 saturated carbocycles. The highest BCUT2D eigenvalue weighted by atomic mass is 16.2. The number of amides is 2. The van der Waals surface area contributed by atoms with Crippen LogP contribution in [0.3, 0.4) is 0 Å². The molecule has 0 radical (unpaired) electrons. The highest BCUT2D eigenvalue weighted by Crippen LogP contribution is 2.34. The fourth-order valence-corrected chi connectivity index (χ4v) is 3.41. The van der Waals surface area contributed by atoms with E-state index in [9.17, 15) is 9.59 Å². The van der Waals surface area contributed by atoms with Gasteiger partial charge in [-0.3, -0.25) is 9.59 Å². The topological polar surface area (TPSA) is 45.6 Å². The number of fused-ring (bicyclic) bond motifs is 2. The maximum absolute atomic E-state index is 12.3. The van der Waals surface area contributed by atoms with Crippen LogP contribution in [0.2, 0.25) is 0 Å². The van der Waals surface area contributed by atoms with Crippen LogP contribution in [0.5, 0.6) is 0 Å². The Labute approximate surface area is 136 Å². The van der Waals surface area contributed by atoms with Gasteiger partial charge < -0.3 is 14.4 Å². The van der Waals surface area contributed by atoms with E-state index in [0.29, 0.717) is 25.3 Å². The molecule has 4 rings (SSSR count). The lowest BCUT2D eigenvalue weighted by molar-refractivity contribution is -0.136. The molecule has 1 aromatic heterocycles. The van der Waals surface area contributed by atoms with Crippen molar-refractivity contribution in [1.82, 2.24) is 14.4 Å². The van der Waals surface area contributed by atoms with Gasteiger partial charge >= 0.3 is 0 Å². The van der Waals surface area contributed by atoms with Crippen LogP contribution in [0.1, 0.15) is 24.3 Å². The number of hydrogen-bond donors (Lipinski definition) is 0. The second kappa shape index (κ2) is 5.91. The largest absolute Gasteiger partial charge is 0.339 e. The molecule has 1 aromatic carbocycles. The molecule has 1 saturated heterocycles. The van der Waals surface area contributed by atoms with E-state index in [-0.39, 0.29) is 11.8 Å². The first-order valence-electron chi connectivity index (χ1n) is 7.79. The van der Waals surface area contributed by atoms with Crippen molar-refractivity contribution in [2.75, 3.05) is 13.1 Å². The SMILES string of the molecule is CC(=O)N1CCN2C(=O)c3cccn3CC12C.c1ccccc1.